The number of ether oxygens (including phenoxy) is 2. The quantitative estimate of drug-likeness (QED) is 0.783. The maximum absolute atomic E-state index is 6.18. The van der Waals surface area contributed by atoms with Gasteiger partial charge in [0, 0.05) is 25.9 Å². The smallest absolute Gasteiger partial charge is 0.0729 e. The third kappa shape index (κ3) is 4.62. The first kappa shape index (κ1) is 16.6. The van der Waals surface area contributed by atoms with Gasteiger partial charge in [0.15, 0.2) is 0 Å². The van der Waals surface area contributed by atoms with E-state index in [1.807, 2.05) is 11.8 Å². The fourth-order valence-corrected chi connectivity index (χ4v) is 4.07. The molecule has 118 valence electrons. The second-order valence-electron chi connectivity index (χ2n) is 6.24. The Morgan fingerprint density at radius 1 is 1.30 bits per heavy atom. The summed E-state index contributed by atoms with van der Waals surface area (Å²) < 4.78 is 11.7. The molecule has 0 saturated carbocycles. The van der Waals surface area contributed by atoms with Gasteiger partial charge in [0.25, 0.3) is 0 Å². The summed E-state index contributed by atoms with van der Waals surface area (Å²) in [4.78, 5) is 0. The van der Waals surface area contributed by atoms with Crippen LogP contribution in [0.15, 0.2) is 0 Å². The van der Waals surface area contributed by atoms with Gasteiger partial charge < -0.3 is 14.8 Å². The van der Waals surface area contributed by atoms with Crippen LogP contribution in [-0.2, 0) is 9.47 Å². The standard InChI is InChI=1S/C16H31NO2S/c1-3-8-17-15(5-12-20-2)14-4-9-19-16(13-14)6-10-18-11-7-16/h14-15,17H,3-13H2,1-2H3. The van der Waals surface area contributed by atoms with Crippen molar-refractivity contribution in [3.8, 4) is 0 Å². The zero-order chi connectivity index (χ0) is 14.3. The van der Waals surface area contributed by atoms with Gasteiger partial charge >= 0.3 is 0 Å². The minimum Gasteiger partial charge on any atom is -0.381 e. The van der Waals surface area contributed by atoms with Crippen molar-refractivity contribution in [1.82, 2.24) is 5.32 Å². The Kier molecular flexibility index (Phi) is 7.15. The number of rotatable bonds is 7. The third-order valence-electron chi connectivity index (χ3n) is 4.79. The van der Waals surface area contributed by atoms with E-state index in [9.17, 15) is 0 Å². The highest BCUT2D eigenvalue weighted by atomic mass is 32.2. The van der Waals surface area contributed by atoms with Crippen LogP contribution in [0.25, 0.3) is 0 Å². The van der Waals surface area contributed by atoms with Crippen LogP contribution in [-0.4, -0.2) is 50.0 Å². The summed E-state index contributed by atoms with van der Waals surface area (Å²) in [5.41, 5.74) is 0.132. The summed E-state index contributed by atoms with van der Waals surface area (Å²) in [6, 6.07) is 0.672. The van der Waals surface area contributed by atoms with Crippen molar-refractivity contribution in [3.05, 3.63) is 0 Å². The Hall–Kier alpha value is 0.230. The molecule has 0 bridgehead atoms. The van der Waals surface area contributed by atoms with Crippen molar-refractivity contribution >= 4 is 11.8 Å². The highest BCUT2D eigenvalue weighted by Gasteiger charge is 2.40. The number of hydrogen-bond donors (Lipinski definition) is 1. The van der Waals surface area contributed by atoms with Gasteiger partial charge in [-0.05, 0) is 63.0 Å². The fourth-order valence-electron chi connectivity index (χ4n) is 3.58. The van der Waals surface area contributed by atoms with Crippen molar-refractivity contribution in [3.63, 3.8) is 0 Å². The molecule has 3 nitrogen and oxygen atoms in total. The van der Waals surface area contributed by atoms with E-state index in [1.54, 1.807) is 0 Å². The zero-order valence-corrected chi connectivity index (χ0v) is 14.0. The summed E-state index contributed by atoms with van der Waals surface area (Å²) >= 11 is 1.96. The summed E-state index contributed by atoms with van der Waals surface area (Å²) in [6.07, 6.45) is 9.35. The van der Waals surface area contributed by atoms with E-state index < -0.39 is 0 Å². The van der Waals surface area contributed by atoms with E-state index in [4.69, 9.17) is 9.47 Å². The largest absolute Gasteiger partial charge is 0.381 e. The summed E-state index contributed by atoms with van der Waals surface area (Å²) in [5, 5.41) is 3.80. The van der Waals surface area contributed by atoms with Crippen LogP contribution < -0.4 is 5.32 Å². The third-order valence-corrected chi connectivity index (χ3v) is 5.44. The molecule has 0 radical (unpaired) electrons. The lowest BCUT2D eigenvalue weighted by Gasteiger charge is -2.45. The molecule has 2 rings (SSSR count). The lowest BCUT2D eigenvalue weighted by Crippen LogP contribution is -2.49. The van der Waals surface area contributed by atoms with E-state index in [2.05, 4.69) is 18.5 Å². The molecule has 2 aliphatic heterocycles. The van der Waals surface area contributed by atoms with Crippen LogP contribution in [0.2, 0.25) is 0 Å². The summed E-state index contributed by atoms with van der Waals surface area (Å²) in [6.45, 7) is 6.10. The van der Waals surface area contributed by atoms with Gasteiger partial charge in [0.05, 0.1) is 5.60 Å². The fraction of sp³-hybridized carbons (Fsp3) is 1.00. The second kappa shape index (κ2) is 8.62. The SMILES string of the molecule is CCCNC(CCSC)C1CCOC2(CCOCC2)C1. The van der Waals surface area contributed by atoms with Crippen molar-refractivity contribution in [2.24, 2.45) is 5.92 Å². The van der Waals surface area contributed by atoms with E-state index in [-0.39, 0.29) is 5.60 Å². The average Bonchev–Trinajstić information content (AvgIpc) is 2.48. The molecule has 0 aromatic carbocycles. The zero-order valence-electron chi connectivity index (χ0n) is 13.2. The van der Waals surface area contributed by atoms with E-state index in [0.717, 1.165) is 45.1 Å². The molecule has 1 spiro atoms. The van der Waals surface area contributed by atoms with Crippen LogP contribution in [0, 0.1) is 5.92 Å². The molecule has 2 saturated heterocycles. The first-order valence-electron chi connectivity index (χ1n) is 8.24. The molecule has 1 N–H and O–H groups in total. The lowest BCUT2D eigenvalue weighted by molar-refractivity contribution is -0.150. The number of thioether (sulfide) groups is 1. The number of nitrogens with one attached hydrogen (secondary N) is 1. The van der Waals surface area contributed by atoms with Gasteiger partial charge in [-0.1, -0.05) is 6.92 Å². The molecular formula is C16H31NO2S. The van der Waals surface area contributed by atoms with Crippen molar-refractivity contribution in [1.29, 1.82) is 0 Å². The predicted molar refractivity (Wildman–Crippen MR) is 86.5 cm³/mol. The van der Waals surface area contributed by atoms with Crippen LogP contribution >= 0.6 is 11.8 Å². The Morgan fingerprint density at radius 2 is 2.10 bits per heavy atom. The first-order valence-corrected chi connectivity index (χ1v) is 9.63. The lowest BCUT2D eigenvalue weighted by atomic mass is 9.77. The highest BCUT2D eigenvalue weighted by molar-refractivity contribution is 7.98. The molecule has 0 aliphatic carbocycles. The Labute approximate surface area is 128 Å². The monoisotopic (exact) mass is 301 g/mol. The van der Waals surface area contributed by atoms with Crippen molar-refractivity contribution in [2.45, 2.75) is 57.1 Å². The Morgan fingerprint density at radius 3 is 2.80 bits per heavy atom. The van der Waals surface area contributed by atoms with E-state index in [0.29, 0.717) is 6.04 Å². The molecule has 2 unspecified atom stereocenters. The number of hydrogen-bond acceptors (Lipinski definition) is 4. The van der Waals surface area contributed by atoms with Crippen LogP contribution in [0.3, 0.4) is 0 Å². The van der Waals surface area contributed by atoms with Gasteiger partial charge in [-0.3, -0.25) is 0 Å². The second-order valence-corrected chi connectivity index (χ2v) is 7.22. The van der Waals surface area contributed by atoms with Crippen LogP contribution in [0.4, 0.5) is 0 Å². The topological polar surface area (TPSA) is 30.5 Å². The van der Waals surface area contributed by atoms with Crippen LogP contribution in [0.1, 0.15) is 45.4 Å². The maximum atomic E-state index is 6.18. The minimum absolute atomic E-state index is 0.132. The molecule has 4 heteroatoms. The minimum atomic E-state index is 0.132. The molecule has 20 heavy (non-hydrogen) atoms. The average molecular weight is 301 g/mol. The van der Waals surface area contributed by atoms with Crippen molar-refractivity contribution in [2.75, 3.05) is 38.4 Å². The molecule has 2 aliphatic rings. The van der Waals surface area contributed by atoms with Gasteiger partial charge in [0.1, 0.15) is 0 Å². The first-order chi connectivity index (χ1) is 9.79. The van der Waals surface area contributed by atoms with Gasteiger partial charge in [-0.2, -0.15) is 11.8 Å². The maximum Gasteiger partial charge on any atom is 0.0729 e. The molecule has 0 amide bonds. The van der Waals surface area contributed by atoms with Gasteiger partial charge in [0.2, 0.25) is 0 Å². The molecular weight excluding hydrogens is 270 g/mol. The predicted octanol–water partition coefficient (Wildman–Crippen LogP) is 3.08. The van der Waals surface area contributed by atoms with Gasteiger partial charge in [-0.25, -0.2) is 0 Å². The summed E-state index contributed by atoms with van der Waals surface area (Å²) in [5.74, 6) is 2.04. The van der Waals surface area contributed by atoms with E-state index >= 15 is 0 Å². The Balaban J connectivity index is 1.92. The molecule has 0 aromatic rings. The Bertz CT molecular complexity index is 256. The molecule has 2 heterocycles. The molecule has 2 fully saturated rings. The normalized spacial score (nSPS) is 27.6. The molecule has 0 aromatic heterocycles. The molecule has 2 atom stereocenters. The summed E-state index contributed by atoms with van der Waals surface area (Å²) in [7, 11) is 0. The van der Waals surface area contributed by atoms with Crippen LogP contribution in [0.5, 0.6) is 0 Å². The van der Waals surface area contributed by atoms with E-state index in [1.165, 1.54) is 31.4 Å². The van der Waals surface area contributed by atoms with Crippen molar-refractivity contribution < 1.29 is 9.47 Å². The van der Waals surface area contributed by atoms with Gasteiger partial charge in [-0.15, -0.1) is 0 Å². The highest BCUT2D eigenvalue weighted by Crippen LogP contribution is 2.38.